The van der Waals surface area contributed by atoms with E-state index >= 15 is 0 Å². The molecule has 0 spiro atoms. The Morgan fingerprint density at radius 3 is 2.95 bits per heavy atom. The van der Waals surface area contributed by atoms with E-state index in [-0.39, 0.29) is 24.5 Å². The fourth-order valence-electron chi connectivity index (χ4n) is 2.28. The van der Waals surface area contributed by atoms with Gasteiger partial charge in [-0.05, 0) is 12.6 Å². The van der Waals surface area contributed by atoms with Crippen molar-refractivity contribution in [2.75, 3.05) is 25.1 Å². The zero-order chi connectivity index (χ0) is 13.7. The third-order valence-electron chi connectivity index (χ3n) is 3.33. The van der Waals surface area contributed by atoms with Crippen molar-refractivity contribution in [1.29, 1.82) is 0 Å². The lowest BCUT2D eigenvalue weighted by atomic mass is 10.0. The molecule has 1 aromatic carbocycles. The van der Waals surface area contributed by atoms with E-state index in [0.29, 0.717) is 18.9 Å². The summed E-state index contributed by atoms with van der Waals surface area (Å²) in [5.41, 5.74) is 1.38. The van der Waals surface area contributed by atoms with Gasteiger partial charge in [0.15, 0.2) is 0 Å². The van der Waals surface area contributed by atoms with E-state index in [1.54, 1.807) is 12.1 Å². The predicted octanol–water partition coefficient (Wildman–Crippen LogP) is 0.742. The van der Waals surface area contributed by atoms with Crippen LogP contribution in [-0.2, 0) is 16.1 Å². The number of carbonyl (C=O) groups is 1. The second-order valence-electron chi connectivity index (χ2n) is 4.61. The number of aliphatic hydroxyl groups excluding tert-OH is 1. The molecule has 5 nitrogen and oxygen atoms in total. The smallest absolute Gasteiger partial charge is 0.231 e. The summed E-state index contributed by atoms with van der Waals surface area (Å²) < 4.78 is 5.36. The fraction of sp³-hybridized carbons (Fsp3) is 0.500. The number of rotatable bonds is 5. The lowest BCUT2D eigenvalue weighted by molar-refractivity contribution is -0.120. The molecule has 19 heavy (non-hydrogen) atoms. The summed E-state index contributed by atoms with van der Waals surface area (Å²) in [6, 6.07) is 7.32. The van der Waals surface area contributed by atoms with E-state index in [1.165, 1.54) is 0 Å². The molecule has 1 amide bonds. The molecule has 5 heteroatoms. The molecule has 2 unspecified atom stereocenters. The molecule has 2 atom stereocenters. The monoisotopic (exact) mass is 264 g/mol. The third kappa shape index (κ3) is 3.32. The van der Waals surface area contributed by atoms with Crippen LogP contribution in [0.15, 0.2) is 24.3 Å². The predicted molar refractivity (Wildman–Crippen MR) is 72.8 cm³/mol. The number of benzene rings is 1. The lowest BCUT2D eigenvalue weighted by Gasteiger charge is -2.18. The Balaban J connectivity index is 2.04. The van der Waals surface area contributed by atoms with Crippen molar-refractivity contribution in [2.45, 2.75) is 19.6 Å². The van der Waals surface area contributed by atoms with Gasteiger partial charge in [0.2, 0.25) is 5.91 Å². The average molecular weight is 264 g/mol. The molecule has 0 aromatic heterocycles. The Morgan fingerprint density at radius 1 is 1.42 bits per heavy atom. The molecular weight excluding hydrogens is 244 g/mol. The maximum Gasteiger partial charge on any atom is 0.231 e. The number of hydrogen-bond acceptors (Lipinski definition) is 4. The van der Waals surface area contributed by atoms with Gasteiger partial charge >= 0.3 is 0 Å². The van der Waals surface area contributed by atoms with E-state index in [4.69, 9.17) is 4.74 Å². The average Bonchev–Trinajstić information content (AvgIpc) is 2.88. The Bertz CT molecular complexity index is 436. The summed E-state index contributed by atoms with van der Waals surface area (Å²) in [5.74, 6) is -0.254. The second kappa shape index (κ2) is 6.65. The van der Waals surface area contributed by atoms with Crippen molar-refractivity contribution < 1.29 is 14.6 Å². The molecule has 0 saturated carbocycles. The Labute approximate surface area is 113 Å². The first-order valence-electron chi connectivity index (χ1n) is 6.57. The van der Waals surface area contributed by atoms with Crippen LogP contribution in [-0.4, -0.2) is 36.8 Å². The molecule has 2 rings (SSSR count). The lowest BCUT2D eigenvalue weighted by Crippen LogP contribution is -2.41. The van der Waals surface area contributed by atoms with E-state index in [0.717, 1.165) is 12.1 Å². The Kier molecular flexibility index (Phi) is 4.90. The first kappa shape index (κ1) is 14.0. The van der Waals surface area contributed by atoms with Crippen molar-refractivity contribution in [1.82, 2.24) is 5.32 Å². The van der Waals surface area contributed by atoms with Crippen molar-refractivity contribution in [2.24, 2.45) is 5.92 Å². The molecule has 1 saturated heterocycles. The minimum absolute atomic E-state index is 0.0614. The van der Waals surface area contributed by atoms with Crippen LogP contribution in [0.3, 0.4) is 0 Å². The number of nitrogens with one attached hydrogen (secondary N) is 2. The van der Waals surface area contributed by atoms with Crippen molar-refractivity contribution >= 4 is 11.6 Å². The van der Waals surface area contributed by atoms with Crippen molar-refractivity contribution in [3.63, 3.8) is 0 Å². The van der Waals surface area contributed by atoms with Crippen LogP contribution >= 0.6 is 0 Å². The minimum atomic E-state index is -0.188. The van der Waals surface area contributed by atoms with Gasteiger partial charge in [0.1, 0.15) is 0 Å². The molecule has 1 heterocycles. The number of aliphatic hydroxyl groups is 1. The van der Waals surface area contributed by atoms with E-state index < -0.39 is 0 Å². The van der Waals surface area contributed by atoms with Crippen LogP contribution < -0.4 is 10.6 Å². The van der Waals surface area contributed by atoms with E-state index in [2.05, 4.69) is 10.6 Å². The van der Waals surface area contributed by atoms with Gasteiger partial charge in [0.25, 0.3) is 0 Å². The first-order chi connectivity index (χ1) is 9.26. The van der Waals surface area contributed by atoms with Crippen LogP contribution in [0.1, 0.15) is 12.5 Å². The topological polar surface area (TPSA) is 70.6 Å². The number of amides is 1. The quantitative estimate of drug-likeness (QED) is 0.733. The SMILES string of the molecule is CCNC1COCC1C(=O)Nc1ccccc1CO. The number of para-hydroxylation sites is 1. The van der Waals surface area contributed by atoms with Crippen LogP contribution in [0.5, 0.6) is 0 Å². The molecule has 1 aliphatic rings. The van der Waals surface area contributed by atoms with Gasteiger partial charge in [0, 0.05) is 17.3 Å². The molecule has 1 aromatic rings. The highest BCUT2D eigenvalue weighted by molar-refractivity contribution is 5.94. The molecular formula is C14H20N2O3. The summed E-state index contributed by atoms with van der Waals surface area (Å²) in [6.07, 6.45) is 0. The fourth-order valence-corrected chi connectivity index (χ4v) is 2.28. The van der Waals surface area contributed by atoms with Crippen molar-refractivity contribution in [3.8, 4) is 0 Å². The van der Waals surface area contributed by atoms with Gasteiger partial charge in [-0.3, -0.25) is 4.79 Å². The zero-order valence-electron chi connectivity index (χ0n) is 11.1. The molecule has 0 bridgehead atoms. The molecule has 0 radical (unpaired) electrons. The normalized spacial score (nSPS) is 22.4. The summed E-state index contributed by atoms with van der Waals surface area (Å²) in [5, 5.41) is 15.4. The van der Waals surface area contributed by atoms with Gasteiger partial charge in [-0.25, -0.2) is 0 Å². The number of carbonyl (C=O) groups excluding carboxylic acids is 1. The molecule has 1 aliphatic heterocycles. The van der Waals surface area contributed by atoms with Crippen LogP contribution in [0.2, 0.25) is 0 Å². The largest absolute Gasteiger partial charge is 0.392 e. The highest BCUT2D eigenvalue weighted by atomic mass is 16.5. The standard InChI is InChI=1S/C14H20N2O3/c1-2-15-13-9-19-8-11(13)14(18)16-12-6-4-3-5-10(12)7-17/h3-6,11,13,15,17H,2,7-9H2,1H3,(H,16,18). The Morgan fingerprint density at radius 2 is 2.21 bits per heavy atom. The summed E-state index contributed by atoms with van der Waals surface area (Å²) in [6.45, 7) is 3.73. The van der Waals surface area contributed by atoms with Crippen molar-refractivity contribution in [3.05, 3.63) is 29.8 Å². The van der Waals surface area contributed by atoms with E-state index in [9.17, 15) is 9.90 Å². The molecule has 104 valence electrons. The van der Waals surface area contributed by atoms with Gasteiger partial charge in [-0.15, -0.1) is 0 Å². The second-order valence-corrected chi connectivity index (χ2v) is 4.61. The summed E-state index contributed by atoms with van der Waals surface area (Å²) >= 11 is 0. The number of likely N-dealkylation sites (N-methyl/N-ethyl adjacent to an activating group) is 1. The van der Waals surface area contributed by atoms with Gasteiger partial charge in [-0.2, -0.15) is 0 Å². The number of ether oxygens (including phenoxy) is 1. The molecule has 1 fully saturated rings. The van der Waals surface area contributed by atoms with Gasteiger partial charge in [0.05, 0.1) is 25.7 Å². The zero-order valence-corrected chi connectivity index (χ0v) is 11.1. The van der Waals surface area contributed by atoms with Gasteiger partial charge in [-0.1, -0.05) is 25.1 Å². The summed E-state index contributed by atoms with van der Waals surface area (Å²) in [4.78, 5) is 12.3. The molecule has 3 N–H and O–H groups in total. The highest BCUT2D eigenvalue weighted by Gasteiger charge is 2.33. The first-order valence-corrected chi connectivity index (χ1v) is 6.57. The van der Waals surface area contributed by atoms with Crippen LogP contribution in [0.4, 0.5) is 5.69 Å². The van der Waals surface area contributed by atoms with Gasteiger partial charge < -0.3 is 20.5 Å². The molecule has 0 aliphatic carbocycles. The number of hydrogen-bond donors (Lipinski definition) is 3. The third-order valence-corrected chi connectivity index (χ3v) is 3.33. The van der Waals surface area contributed by atoms with Crippen LogP contribution in [0, 0.1) is 5.92 Å². The minimum Gasteiger partial charge on any atom is -0.392 e. The van der Waals surface area contributed by atoms with E-state index in [1.807, 2.05) is 19.1 Å². The van der Waals surface area contributed by atoms with Crippen LogP contribution in [0.25, 0.3) is 0 Å². The summed E-state index contributed by atoms with van der Waals surface area (Å²) in [7, 11) is 0. The maximum absolute atomic E-state index is 12.3. The number of anilines is 1. The highest BCUT2D eigenvalue weighted by Crippen LogP contribution is 2.19. The maximum atomic E-state index is 12.3. The Hall–Kier alpha value is -1.43.